The Morgan fingerprint density at radius 2 is 1.86 bits per heavy atom. The van der Waals surface area contributed by atoms with Gasteiger partial charge in [0, 0.05) is 18.5 Å². The average Bonchev–Trinajstić information content (AvgIpc) is 3.12. The van der Waals surface area contributed by atoms with Crippen LogP contribution in [0.1, 0.15) is 38.2 Å². The monoisotopic (exact) mass is 382 g/mol. The molecule has 1 saturated carbocycles. The number of fused-ring (bicyclic) bond motifs is 1. The summed E-state index contributed by atoms with van der Waals surface area (Å²) in [5.41, 5.74) is 9.95. The van der Waals surface area contributed by atoms with Gasteiger partial charge in [-0.15, -0.1) is 0 Å². The van der Waals surface area contributed by atoms with Crippen molar-refractivity contribution >= 4 is 17.1 Å². The van der Waals surface area contributed by atoms with Gasteiger partial charge in [-0.05, 0) is 42.7 Å². The van der Waals surface area contributed by atoms with Crippen molar-refractivity contribution in [3.8, 4) is 11.5 Å². The Bertz CT molecular complexity index is 867. The van der Waals surface area contributed by atoms with E-state index in [9.17, 15) is 0 Å². The summed E-state index contributed by atoms with van der Waals surface area (Å²) >= 11 is 0. The molecule has 148 valence electrons. The molecule has 4 rings (SSSR count). The number of para-hydroxylation sites is 2. The van der Waals surface area contributed by atoms with Gasteiger partial charge in [-0.1, -0.05) is 37.1 Å². The Morgan fingerprint density at radius 1 is 1.18 bits per heavy atom. The second-order valence-electron chi connectivity index (χ2n) is 7.00. The number of aromatic nitrogens is 1. The maximum absolute atomic E-state index is 9.00. The van der Waals surface area contributed by atoms with E-state index in [0.717, 1.165) is 42.0 Å². The predicted molar refractivity (Wildman–Crippen MR) is 108 cm³/mol. The van der Waals surface area contributed by atoms with Crippen LogP contribution in [0.2, 0.25) is 0 Å². The van der Waals surface area contributed by atoms with E-state index in [2.05, 4.69) is 17.1 Å². The summed E-state index contributed by atoms with van der Waals surface area (Å²) in [6.45, 7) is 1.69. The normalized spacial score (nSPS) is 19.1. The first-order valence-electron chi connectivity index (χ1n) is 9.54. The molecule has 28 heavy (non-hydrogen) atoms. The van der Waals surface area contributed by atoms with Gasteiger partial charge >= 0.3 is 0 Å². The van der Waals surface area contributed by atoms with Crippen LogP contribution in [-0.4, -0.2) is 28.2 Å². The van der Waals surface area contributed by atoms with Crippen molar-refractivity contribution in [2.24, 2.45) is 5.73 Å². The number of hydrogen-bond donors (Lipinski definition) is 2. The highest BCUT2D eigenvalue weighted by Gasteiger charge is 2.22. The Hall–Kier alpha value is -2.70. The number of nitrogens with zero attached hydrogens (tertiary/aromatic N) is 1. The van der Waals surface area contributed by atoms with Crippen molar-refractivity contribution in [1.29, 1.82) is 0 Å². The molecule has 0 saturated heterocycles. The summed E-state index contributed by atoms with van der Waals surface area (Å²) in [5, 5.41) is 7.42. The van der Waals surface area contributed by atoms with Crippen molar-refractivity contribution in [2.45, 2.75) is 51.4 Å². The smallest absolute Gasteiger partial charge is 0.300 e. The number of oxazole rings is 1. The van der Waals surface area contributed by atoms with Crippen LogP contribution >= 0.6 is 0 Å². The van der Waals surface area contributed by atoms with Crippen LogP contribution in [0.5, 0.6) is 0 Å². The molecule has 6 nitrogen and oxygen atoms in total. The minimum atomic E-state index is -0.833. The molecule has 3 aromatic rings. The second kappa shape index (κ2) is 9.48. The number of hydrogen-bond acceptors (Lipinski definition) is 5. The molecule has 3 N–H and O–H groups in total. The summed E-state index contributed by atoms with van der Waals surface area (Å²) in [6, 6.07) is 16.2. The largest absolute Gasteiger partial charge is 0.481 e. The van der Waals surface area contributed by atoms with E-state index in [1.807, 2.05) is 36.4 Å². The molecule has 1 aliphatic carbocycles. The maximum Gasteiger partial charge on any atom is 0.300 e. The summed E-state index contributed by atoms with van der Waals surface area (Å²) in [4.78, 5) is 13.5. The highest BCUT2D eigenvalue weighted by Crippen LogP contribution is 2.25. The minimum absolute atomic E-state index is 0.178. The molecule has 0 aliphatic heterocycles. The number of rotatable bonds is 4. The first-order valence-corrected chi connectivity index (χ1v) is 9.54. The topological polar surface area (TPSA) is 98.6 Å². The van der Waals surface area contributed by atoms with E-state index in [0.29, 0.717) is 12.5 Å². The molecule has 2 aromatic carbocycles. The number of carboxylic acid groups (broad SMARTS) is 1. The fraction of sp³-hybridized carbons (Fsp3) is 0.364. The van der Waals surface area contributed by atoms with Crippen molar-refractivity contribution < 1.29 is 19.1 Å². The lowest BCUT2D eigenvalue weighted by atomic mass is 9.93. The van der Waals surface area contributed by atoms with Gasteiger partial charge in [0.05, 0.1) is 12.7 Å². The van der Waals surface area contributed by atoms with Crippen LogP contribution in [0, 0.1) is 0 Å². The Labute approximate surface area is 164 Å². The van der Waals surface area contributed by atoms with Crippen molar-refractivity contribution in [3.63, 3.8) is 0 Å². The molecule has 0 spiro atoms. The van der Waals surface area contributed by atoms with Crippen molar-refractivity contribution in [1.82, 2.24) is 4.98 Å². The summed E-state index contributed by atoms with van der Waals surface area (Å²) in [7, 11) is 0. The van der Waals surface area contributed by atoms with Crippen LogP contribution in [-0.2, 0) is 16.1 Å². The summed E-state index contributed by atoms with van der Waals surface area (Å²) in [5.74, 6) is -0.182. The summed E-state index contributed by atoms with van der Waals surface area (Å²) < 4.78 is 11.8. The predicted octanol–water partition coefficient (Wildman–Crippen LogP) is 4.37. The van der Waals surface area contributed by atoms with Gasteiger partial charge < -0.3 is 20.0 Å². The fourth-order valence-corrected chi connectivity index (χ4v) is 3.27. The number of benzene rings is 2. The molecular formula is C22H26N2O4. The van der Waals surface area contributed by atoms with E-state index in [1.54, 1.807) is 0 Å². The number of carbonyl (C=O) groups is 1. The summed E-state index contributed by atoms with van der Waals surface area (Å²) in [6.07, 6.45) is 4.77. The lowest BCUT2D eigenvalue weighted by Crippen LogP contribution is -2.39. The van der Waals surface area contributed by atoms with Crippen LogP contribution in [0.3, 0.4) is 0 Å². The fourth-order valence-electron chi connectivity index (χ4n) is 3.27. The second-order valence-corrected chi connectivity index (χ2v) is 7.00. The maximum atomic E-state index is 9.00. The number of aliphatic carboxylic acids is 1. The minimum Gasteiger partial charge on any atom is -0.481 e. The van der Waals surface area contributed by atoms with E-state index >= 15 is 0 Å². The van der Waals surface area contributed by atoms with Gasteiger partial charge in [0.25, 0.3) is 5.97 Å². The third-order valence-electron chi connectivity index (χ3n) is 4.71. The van der Waals surface area contributed by atoms with Gasteiger partial charge in [0.1, 0.15) is 5.52 Å². The van der Waals surface area contributed by atoms with Crippen LogP contribution in [0.15, 0.2) is 52.9 Å². The number of nitrogens with two attached hydrogens (primary N) is 1. The Morgan fingerprint density at radius 3 is 2.54 bits per heavy atom. The molecule has 1 aromatic heterocycles. The molecule has 0 amide bonds. The van der Waals surface area contributed by atoms with Crippen LogP contribution < -0.4 is 5.73 Å². The first kappa shape index (κ1) is 20.0. The Kier molecular flexibility index (Phi) is 6.79. The van der Waals surface area contributed by atoms with Crippen molar-refractivity contribution in [3.05, 3.63) is 54.1 Å². The highest BCUT2D eigenvalue weighted by molar-refractivity contribution is 5.75. The van der Waals surface area contributed by atoms with E-state index in [4.69, 9.17) is 24.8 Å². The molecule has 0 radical (unpaired) electrons. The van der Waals surface area contributed by atoms with Gasteiger partial charge in [-0.25, -0.2) is 4.98 Å². The molecule has 0 bridgehead atoms. The van der Waals surface area contributed by atoms with Crippen LogP contribution in [0.25, 0.3) is 22.6 Å². The zero-order valence-electron chi connectivity index (χ0n) is 16.0. The van der Waals surface area contributed by atoms with Gasteiger partial charge in [0.15, 0.2) is 5.58 Å². The molecule has 2 unspecified atom stereocenters. The van der Waals surface area contributed by atoms with E-state index in [1.165, 1.54) is 12.8 Å². The number of ether oxygens (including phenoxy) is 1. The average molecular weight is 382 g/mol. The standard InChI is InChI=1S/C20H22N2O2.C2H4O2/c21-16-5-1-3-7-18(16)23-13-14-9-11-15(12-10-14)20-22-17-6-2-4-8-19(17)24-20;1-2(3)4/h2,4,6,8-12,16,18H,1,3,5,7,13,21H2;1H3,(H,3,4). The van der Waals surface area contributed by atoms with Gasteiger partial charge in [-0.2, -0.15) is 0 Å². The molecular weight excluding hydrogens is 356 g/mol. The molecule has 1 fully saturated rings. The third kappa shape index (κ3) is 5.41. The Balaban J connectivity index is 0.000000516. The van der Waals surface area contributed by atoms with Crippen molar-refractivity contribution in [2.75, 3.05) is 0 Å². The molecule has 2 atom stereocenters. The van der Waals surface area contributed by atoms with Gasteiger partial charge in [0.2, 0.25) is 5.89 Å². The SMILES string of the molecule is CC(=O)O.NC1CCCCC1OCc1ccc(-c2nc3ccccc3o2)cc1. The van der Waals surface area contributed by atoms with Gasteiger partial charge in [-0.3, -0.25) is 4.79 Å². The lowest BCUT2D eigenvalue weighted by molar-refractivity contribution is -0.134. The zero-order valence-corrected chi connectivity index (χ0v) is 16.0. The highest BCUT2D eigenvalue weighted by atomic mass is 16.5. The molecule has 6 heteroatoms. The molecule has 1 heterocycles. The zero-order chi connectivity index (χ0) is 19.9. The first-order chi connectivity index (χ1) is 13.5. The van der Waals surface area contributed by atoms with E-state index < -0.39 is 5.97 Å². The third-order valence-corrected chi connectivity index (χ3v) is 4.71. The van der Waals surface area contributed by atoms with E-state index in [-0.39, 0.29) is 12.1 Å². The van der Waals surface area contributed by atoms with Crippen LogP contribution in [0.4, 0.5) is 0 Å². The molecule has 1 aliphatic rings. The number of carboxylic acids is 1. The lowest BCUT2D eigenvalue weighted by Gasteiger charge is -2.28. The quantitative estimate of drug-likeness (QED) is 0.695.